The second kappa shape index (κ2) is 20.6. The molecule has 72 heavy (non-hydrogen) atoms. The normalized spacial score (nSPS) is 56.7. The molecule has 6 aliphatic heterocycles. The molecule has 0 spiro atoms. The summed E-state index contributed by atoms with van der Waals surface area (Å²) in [7, 11) is 0. The van der Waals surface area contributed by atoms with E-state index in [1.54, 1.807) is 0 Å². The standard InChI is InChI=1S/C50H82NO21/c1-20-5-8-27-21(2)43-49(4)12-10-25-24(26(49)14-50(43,64)51(27)15-20)7-6-22-13-23(9-11-48(22,25)3)66-45-39(63)36(60)40(31(18-54)69-45)70-47-42(72-46-38(62)35(59)33(57)29(16-52)67-46)41(34(58)30(17-53)68-47)71-44-37(61)32(56)28(55)19-65-44/h20-26,28-47,52-64H,5-19H2,1-4H3/q+1/t20-,21+,22-,23-,24+,25-,26-,28+,29+,30+,31+,32-,33+,34+,35-,36+,37+,38+,39+,40-,41-,42+,43+,44-,45+,46-,47-,48-,49-,50-/m0/s1. The fourth-order valence-electron chi connectivity index (χ4n) is 16.3. The maximum Gasteiger partial charge on any atom is 0.268 e. The van der Waals surface area contributed by atoms with Crippen LogP contribution in [0.2, 0.25) is 0 Å². The van der Waals surface area contributed by atoms with Gasteiger partial charge in [-0.05, 0) is 85.9 Å². The minimum atomic E-state index is -2.00. The first-order valence-electron chi connectivity index (χ1n) is 26.7. The lowest BCUT2D eigenvalue weighted by Crippen LogP contribution is -2.68. The molecule has 0 radical (unpaired) electrons. The van der Waals surface area contributed by atoms with Crippen LogP contribution in [0.4, 0.5) is 0 Å². The summed E-state index contributed by atoms with van der Waals surface area (Å²) in [4.78, 5) is 0. The average molecular weight is 1030 g/mol. The van der Waals surface area contributed by atoms with Crippen molar-refractivity contribution in [2.75, 3.05) is 33.0 Å². The number of ether oxygens (including phenoxy) is 8. The van der Waals surface area contributed by atoms with Gasteiger partial charge in [-0.2, -0.15) is 0 Å². The van der Waals surface area contributed by atoms with Crippen LogP contribution in [0.1, 0.15) is 91.9 Å². The van der Waals surface area contributed by atoms with Gasteiger partial charge in [0.15, 0.2) is 30.9 Å². The summed E-state index contributed by atoms with van der Waals surface area (Å²) in [6.07, 6.45) is -23.6. The molecule has 4 aliphatic carbocycles. The number of aliphatic hydroxyl groups is 13. The molecule has 22 heteroatoms. The first-order chi connectivity index (χ1) is 34.2. The molecule has 0 aromatic heterocycles. The lowest BCUT2D eigenvalue weighted by atomic mass is 9.44. The number of nitrogens with zero attached hydrogens (tertiary/aromatic N) is 1. The molecule has 4 saturated carbocycles. The van der Waals surface area contributed by atoms with Gasteiger partial charge in [-0.1, -0.05) is 27.7 Å². The lowest BCUT2D eigenvalue weighted by molar-refractivity contribution is -0.664. The first-order valence-corrected chi connectivity index (χ1v) is 26.7. The van der Waals surface area contributed by atoms with Gasteiger partial charge in [-0.15, -0.1) is 0 Å². The summed E-state index contributed by atoms with van der Waals surface area (Å²) in [5.41, 5.74) is 0.783. The second-order valence-corrected chi connectivity index (χ2v) is 24.0. The van der Waals surface area contributed by atoms with Gasteiger partial charge in [-0.3, -0.25) is 0 Å². The van der Waals surface area contributed by atoms with Crippen molar-refractivity contribution in [3.8, 4) is 0 Å². The van der Waals surface area contributed by atoms with E-state index >= 15 is 0 Å². The highest BCUT2D eigenvalue weighted by atomic mass is 16.8. The summed E-state index contributed by atoms with van der Waals surface area (Å²) in [5.74, 6) is 2.94. The van der Waals surface area contributed by atoms with E-state index in [4.69, 9.17) is 37.9 Å². The molecule has 6 heterocycles. The van der Waals surface area contributed by atoms with E-state index in [1.807, 2.05) is 0 Å². The SMILES string of the molecule is C[C@H]1CCC2=[N+](C1)[C@]1(O)C[C@H]3[C@@H]4CC[C@H]5C[C@@H](O[C@@H]6O[C@H](CO)[C@H](O[C@@H]7O[C@H](CO)[C@@H](O)[C@H](O[C@@H]8OC[C@@H](O)[C@H](O)[C@H]8O)[C@H]7O[C@@H]7O[C@H](CO)[C@@H](O)[C@H](O)[C@H]7O)[C@H](O)[C@H]6O)CC[C@]5(C)[C@H]4CC[C@]3(C)[C@H]1[C@@H]2C. The Kier molecular flexibility index (Phi) is 15.5. The van der Waals surface area contributed by atoms with E-state index in [9.17, 15) is 66.4 Å². The zero-order chi connectivity index (χ0) is 51.5. The molecule has 0 aromatic rings. The van der Waals surface area contributed by atoms with Crippen LogP contribution in [0.15, 0.2) is 0 Å². The fraction of sp³-hybridized carbons (Fsp3) is 0.980. The van der Waals surface area contributed by atoms with Gasteiger partial charge in [0.05, 0.1) is 38.4 Å². The molecular formula is C50H82NO21+. The van der Waals surface area contributed by atoms with Crippen molar-refractivity contribution in [3.63, 3.8) is 0 Å². The van der Waals surface area contributed by atoms with Gasteiger partial charge in [0.1, 0.15) is 98.1 Å². The minimum absolute atomic E-state index is 0.0448. The van der Waals surface area contributed by atoms with E-state index in [-0.39, 0.29) is 22.9 Å². The highest BCUT2D eigenvalue weighted by Gasteiger charge is 2.75. The van der Waals surface area contributed by atoms with Crippen LogP contribution in [0.3, 0.4) is 0 Å². The number of fused-ring (bicyclic) bond motifs is 8. The molecule has 30 atom stereocenters. The van der Waals surface area contributed by atoms with E-state index in [0.717, 1.165) is 51.5 Å². The summed E-state index contributed by atoms with van der Waals surface area (Å²) in [5, 5.41) is 142. The van der Waals surface area contributed by atoms with E-state index in [2.05, 4.69) is 32.3 Å². The van der Waals surface area contributed by atoms with Crippen molar-refractivity contribution in [2.45, 2.75) is 220 Å². The van der Waals surface area contributed by atoms with E-state index in [1.165, 1.54) is 12.1 Å². The lowest BCUT2D eigenvalue weighted by Gasteiger charge is -2.61. The summed E-state index contributed by atoms with van der Waals surface area (Å²) >= 11 is 0. The molecule has 0 aromatic carbocycles. The minimum Gasteiger partial charge on any atom is -0.394 e. The van der Waals surface area contributed by atoms with Crippen molar-refractivity contribution in [3.05, 3.63) is 0 Å². The predicted molar refractivity (Wildman–Crippen MR) is 244 cm³/mol. The largest absolute Gasteiger partial charge is 0.394 e. The Hall–Kier alpha value is -1.17. The third-order valence-corrected chi connectivity index (χ3v) is 20.1. The molecule has 0 unspecified atom stereocenters. The second-order valence-electron chi connectivity index (χ2n) is 24.0. The molecule has 10 rings (SSSR count). The van der Waals surface area contributed by atoms with E-state index in [0.29, 0.717) is 48.3 Å². The Bertz CT molecular complexity index is 1930. The van der Waals surface area contributed by atoms with Gasteiger partial charge < -0.3 is 104 Å². The number of hydrogen-bond acceptors (Lipinski definition) is 21. The molecule has 412 valence electrons. The van der Waals surface area contributed by atoms with Gasteiger partial charge >= 0.3 is 0 Å². The Morgan fingerprint density at radius 2 is 1.19 bits per heavy atom. The van der Waals surface area contributed by atoms with E-state index < -0.39 is 149 Å². The van der Waals surface area contributed by atoms with Crippen LogP contribution in [0, 0.1) is 52.3 Å². The zero-order valence-corrected chi connectivity index (χ0v) is 41.7. The average Bonchev–Trinajstić information content (AvgIpc) is 3.74. The number of aliphatic hydroxyl groups excluding tert-OH is 12. The number of rotatable bonds is 11. The highest BCUT2D eigenvalue weighted by Crippen LogP contribution is 2.71. The van der Waals surface area contributed by atoms with Gasteiger partial charge in [0, 0.05) is 24.7 Å². The monoisotopic (exact) mass is 1030 g/mol. The highest BCUT2D eigenvalue weighted by molar-refractivity contribution is 5.84. The molecule has 10 aliphatic rings. The third kappa shape index (κ3) is 8.88. The smallest absolute Gasteiger partial charge is 0.268 e. The summed E-state index contributed by atoms with van der Waals surface area (Å²) < 4.78 is 50.3. The van der Waals surface area contributed by atoms with Crippen LogP contribution in [-0.2, 0) is 37.9 Å². The Morgan fingerprint density at radius 3 is 1.92 bits per heavy atom. The van der Waals surface area contributed by atoms with Crippen molar-refractivity contribution in [1.29, 1.82) is 0 Å². The van der Waals surface area contributed by atoms with Crippen molar-refractivity contribution in [2.24, 2.45) is 52.3 Å². The molecular weight excluding hydrogens is 951 g/mol. The Labute approximate surface area is 419 Å². The van der Waals surface area contributed by atoms with Crippen LogP contribution in [-0.4, -0.2) is 238 Å². The van der Waals surface area contributed by atoms with Gasteiger partial charge in [0.25, 0.3) is 5.72 Å². The van der Waals surface area contributed by atoms with Crippen LogP contribution < -0.4 is 0 Å². The third-order valence-electron chi connectivity index (χ3n) is 20.1. The molecule has 0 amide bonds. The van der Waals surface area contributed by atoms with Gasteiger partial charge in [0.2, 0.25) is 0 Å². The maximum atomic E-state index is 12.7. The van der Waals surface area contributed by atoms with Crippen molar-refractivity contribution >= 4 is 5.71 Å². The number of hydrogen-bond donors (Lipinski definition) is 13. The van der Waals surface area contributed by atoms with Crippen molar-refractivity contribution < 1.29 is 109 Å². The van der Waals surface area contributed by atoms with Crippen LogP contribution in [0.5, 0.6) is 0 Å². The molecule has 4 saturated heterocycles. The van der Waals surface area contributed by atoms with Crippen LogP contribution >= 0.6 is 0 Å². The summed E-state index contributed by atoms with van der Waals surface area (Å²) in [6, 6.07) is 0. The topological polar surface area (TPSA) is 340 Å². The zero-order valence-electron chi connectivity index (χ0n) is 41.7. The predicted octanol–water partition coefficient (Wildman–Crippen LogP) is -3.23. The Morgan fingerprint density at radius 1 is 0.583 bits per heavy atom. The Balaban J connectivity index is 0.827. The fourth-order valence-corrected chi connectivity index (χ4v) is 16.3. The molecule has 8 fully saturated rings. The molecule has 22 nitrogen and oxygen atoms in total. The first kappa shape index (κ1) is 54.2. The molecule has 13 N–H and O–H groups in total. The summed E-state index contributed by atoms with van der Waals surface area (Å²) in [6.45, 7) is 7.52. The quantitative estimate of drug-likeness (QED) is 0.0715. The van der Waals surface area contributed by atoms with Crippen molar-refractivity contribution in [1.82, 2.24) is 0 Å². The van der Waals surface area contributed by atoms with Crippen LogP contribution in [0.25, 0.3) is 0 Å². The van der Waals surface area contributed by atoms with Gasteiger partial charge in [-0.25, -0.2) is 4.58 Å². The molecule has 0 bridgehead atoms. The maximum absolute atomic E-state index is 12.7.